The number of nitrogens with zero attached hydrogens (tertiary/aromatic N) is 1. The Kier molecular flexibility index (Phi) is 4.47. The maximum Gasteiger partial charge on any atom is 0.416 e. The van der Waals surface area contributed by atoms with E-state index in [2.05, 4.69) is 17.1 Å². The molecule has 19 heavy (non-hydrogen) atoms. The maximum absolute atomic E-state index is 12.4. The average Bonchev–Trinajstić information content (AvgIpc) is 2.77. The number of likely N-dealkylation sites (N-methyl/N-ethyl adjacent to an activating group) is 1. The van der Waals surface area contributed by atoms with Crippen molar-refractivity contribution in [3.05, 3.63) is 35.4 Å². The topological polar surface area (TPSA) is 15.3 Å². The van der Waals surface area contributed by atoms with Gasteiger partial charge in [-0.1, -0.05) is 19.1 Å². The highest BCUT2D eigenvalue weighted by Gasteiger charge is 2.30. The minimum absolute atomic E-state index is 0.513. The van der Waals surface area contributed by atoms with Crippen molar-refractivity contribution >= 4 is 0 Å². The van der Waals surface area contributed by atoms with E-state index in [1.807, 2.05) is 0 Å². The fourth-order valence-corrected chi connectivity index (χ4v) is 2.49. The van der Waals surface area contributed by atoms with E-state index in [1.165, 1.54) is 0 Å². The van der Waals surface area contributed by atoms with Gasteiger partial charge in [-0.15, -0.1) is 0 Å². The lowest BCUT2D eigenvalue weighted by Gasteiger charge is -2.17. The predicted molar refractivity (Wildman–Crippen MR) is 68.8 cm³/mol. The highest BCUT2D eigenvalue weighted by molar-refractivity contribution is 5.24. The molecule has 1 aliphatic rings. The number of halogens is 3. The second-order valence-corrected chi connectivity index (χ2v) is 4.97. The van der Waals surface area contributed by atoms with Crippen LogP contribution in [0.25, 0.3) is 0 Å². The summed E-state index contributed by atoms with van der Waals surface area (Å²) in [5.41, 5.74) is 0.355. The van der Waals surface area contributed by atoms with E-state index in [1.54, 1.807) is 12.1 Å². The Hall–Kier alpha value is -1.07. The van der Waals surface area contributed by atoms with Crippen LogP contribution in [0.5, 0.6) is 0 Å². The monoisotopic (exact) mass is 272 g/mol. The molecule has 106 valence electrons. The van der Waals surface area contributed by atoms with E-state index < -0.39 is 11.7 Å². The molecule has 0 saturated carbocycles. The molecule has 0 spiro atoms. The lowest BCUT2D eigenvalue weighted by molar-refractivity contribution is -0.137. The van der Waals surface area contributed by atoms with Gasteiger partial charge in [0.05, 0.1) is 5.56 Å². The zero-order valence-electron chi connectivity index (χ0n) is 11.0. The molecule has 2 rings (SSSR count). The zero-order valence-corrected chi connectivity index (χ0v) is 11.0. The van der Waals surface area contributed by atoms with Crippen molar-refractivity contribution in [1.29, 1.82) is 0 Å². The van der Waals surface area contributed by atoms with Crippen LogP contribution in [0.2, 0.25) is 0 Å². The third kappa shape index (κ3) is 3.94. The van der Waals surface area contributed by atoms with Gasteiger partial charge in [0, 0.05) is 25.7 Å². The molecule has 1 unspecified atom stereocenters. The SMILES string of the molecule is CCNC1CCN(Cc2ccc(C(F)(F)F)cc2)C1. The predicted octanol–water partition coefficient (Wildman–Crippen LogP) is 2.89. The molecule has 0 bridgehead atoms. The summed E-state index contributed by atoms with van der Waals surface area (Å²) >= 11 is 0. The van der Waals surface area contributed by atoms with Crippen molar-refractivity contribution in [2.75, 3.05) is 19.6 Å². The van der Waals surface area contributed by atoms with Crippen LogP contribution in [0.15, 0.2) is 24.3 Å². The smallest absolute Gasteiger partial charge is 0.313 e. The summed E-state index contributed by atoms with van der Waals surface area (Å²) in [4.78, 5) is 2.27. The van der Waals surface area contributed by atoms with Crippen LogP contribution in [-0.4, -0.2) is 30.6 Å². The number of rotatable bonds is 4. The molecule has 1 aromatic rings. The second kappa shape index (κ2) is 5.92. The van der Waals surface area contributed by atoms with Crippen molar-refractivity contribution in [2.24, 2.45) is 0 Å². The number of nitrogens with one attached hydrogen (secondary N) is 1. The molecular formula is C14H19F3N2. The van der Waals surface area contributed by atoms with E-state index >= 15 is 0 Å². The van der Waals surface area contributed by atoms with Gasteiger partial charge in [0.25, 0.3) is 0 Å². The van der Waals surface area contributed by atoms with Crippen molar-refractivity contribution in [3.63, 3.8) is 0 Å². The molecule has 1 saturated heterocycles. The van der Waals surface area contributed by atoms with Crippen molar-refractivity contribution in [3.8, 4) is 0 Å². The van der Waals surface area contributed by atoms with E-state index in [-0.39, 0.29) is 0 Å². The summed E-state index contributed by atoms with van der Waals surface area (Å²) in [5.74, 6) is 0. The Balaban J connectivity index is 1.90. The number of hydrogen-bond acceptors (Lipinski definition) is 2. The van der Waals surface area contributed by atoms with E-state index in [4.69, 9.17) is 0 Å². The Morgan fingerprint density at radius 3 is 2.53 bits per heavy atom. The van der Waals surface area contributed by atoms with Crippen LogP contribution in [0, 0.1) is 0 Å². The molecule has 0 aliphatic carbocycles. The molecular weight excluding hydrogens is 253 g/mol. The Morgan fingerprint density at radius 1 is 1.26 bits per heavy atom. The number of hydrogen-bond donors (Lipinski definition) is 1. The van der Waals surface area contributed by atoms with Gasteiger partial charge in [0.1, 0.15) is 0 Å². The zero-order chi connectivity index (χ0) is 13.9. The minimum atomic E-state index is -4.25. The summed E-state index contributed by atoms with van der Waals surface area (Å²) in [7, 11) is 0. The Morgan fingerprint density at radius 2 is 1.95 bits per heavy atom. The highest BCUT2D eigenvalue weighted by atomic mass is 19.4. The minimum Gasteiger partial charge on any atom is -0.313 e. The van der Waals surface area contributed by atoms with Crippen LogP contribution in [-0.2, 0) is 12.7 Å². The van der Waals surface area contributed by atoms with Crippen LogP contribution >= 0.6 is 0 Å². The maximum atomic E-state index is 12.4. The summed E-state index contributed by atoms with van der Waals surface area (Å²) in [6.45, 7) is 5.73. The molecule has 2 nitrogen and oxygen atoms in total. The van der Waals surface area contributed by atoms with Crippen LogP contribution in [0.3, 0.4) is 0 Å². The first-order valence-electron chi connectivity index (χ1n) is 6.61. The lowest BCUT2D eigenvalue weighted by Crippen LogP contribution is -2.32. The van der Waals surface area contributed by atoms with Gasteiger partial charge in [-0.25, -0.2) is 0 Å². The summed E-state index contributed by atoms with van der Waals surface area (Å²) in [6.07, 6.45) is -3.14. The van der Waals surface area contributed by atoms with Gasteiger partial charge in [0.2, 0.25) is 0 Å². The first-order valence-corrected chi connectivity index (χ1v) is 6.61. The van der Waals surface area contributed by atoms with Crippen LogP contribution in [0.4, 0.5) is 13.2 Å². The van der Waals surface area contributed by atoms with Gasteiger partial charge >= 0.3 is 6.18 Å². The summed E-state index contributed by atoms with van der Waals surface area (Å²) in [6, 6.07) is 5.98. The lowest BCUT2D eigenvalue weighted by atomic mass is 10.1. The second-order valence-electron chi connectivity index (χ2n) is 4.97. The van der Waals surface area contributed by atoms with E-state index in [0.29, 0.717) is 6.04 Å². The van der Waals surface area contributed by atoms with Crippen molar-refractivity contribution in [2.45, 2.75) is 32.1 Å². The largest absolute Gasteiger partial charge is 0.416 e. The number of alkyl halides is 3. The Bertz CT molecular complexity index is 400. The van der Waals surface area contributed by atoms with Crippen molar-refractivity contribution in [1.82, 2.24) is 10.2 Å². The number of benzene rings is 1. The van der Waals surface area contributed by atoms with Crippen LogP contribution < -0.4 is 5.32 Å². The van der Waals surface area contributed by atoms with Crippen LogP contribution in [0.1, 0.15) is 24.5 Å². The fourth-order valence-electron chi connectivity index (χ4n) is 2.49. The molecule has 0 aromatic heterocycles. The van der Waals surface area contributed by atoms with Gasteiger partial charge in [-0.3, -0.25) is 4.90 Å². The molecule has 1 heterocycles. The molecule has 1 aliphatic heterocycles. The quantitative estimate of drug-likeness (QED) is 0.906. The third-order valence-corrected chi connectivity index (χ3v) is 3.45. The highest BCUT2D eigenvalue weighted by Crippen LogP contribution is 2.29. The van der Waals surface area contributed by atoms with Gasteiger partial charge < -0.3 is 5.32 Å². The normalized spacial score (nSPS) is 20.9. The van der Waals surface area contributed by atoms with Gasteiger partial charge in [-0.05, 0) is 30.7 Å². The Labute approximate surface area is 111 Å². The molecule has 1 atom stereocenters. The molecule has 0 radical (unpaired) electrons. The van der Waals surface area contributed by atoms with E-state index in [9.17, 15) is 13.2 Å². The standard InChI is InChI=1S/C14H19F3N2/c1-2-18-13-7-8-19(10-13)9-11-3-5-12(6-4-11)14(15,16)17/h3-6,13,18H,2,7-10H2,1H3. The third-order valence-electron chi connectivity index (χ3n) is 3.45. The summed E-state index contributed by atoms with van der Waals surface area (Å²) in [5, 5.41) is 3.40. The number of likely N-dealkylation sites (tertiary alicyclic amines) is 1. The summed E-state index contributed by atoms with van der Waals surface area (Å²) < 4.78 is 37.3. The first kappa shape index (κ1) is 14.3. The first-order chi connectivity index (χ1) is 8.99. The fraction of sp³-hybridized carbons (Fsp3) is 0.571. The molecule has 1 aromatic carbocycles. The average molecular weight is 272 g/mol. The van der Waals surface area contributed by atoms with Crippen molar-refractivity contribution < 1.29 is 13.2 Å². The molecule has 1 fully saturated rings. The van der Waals surface area contributed by atoms with Gasteiger partial charge in [-0.2, -0.15) is 13.2 Å². The molecule has 1 N–H and O–H groups in total. The molecule has 5 heteroatoms. The van der Waals surface area contributed by atoms with E-state index in [0.717, 1.165) is 50.3 Å². The van der Waals surface area contributed by atoms with Gasteiger partial charge in [0.15, 0.2) is 0 Å². The molecule has 0 amide bonds.